The van der Waals surface area contributed by atoms with E-state index in [9.17, 15) is 29.4 Å². The van der Waals surface area contributed by atoms with E-state index in [0.717, 1.165) is 71.5 Å². The first-order valence-corrected chi connectivity index (χ1v) is 22.7. The number of methoxy groups -OCH3 is 4. The van der Waals surface area contributed by atoms with Crippen LogP contribution in [0, 0.1) is 29.1 Å². The van der Waals surface area contributed by atoms with Crippen LogP contribution in [0.4, 0.5) is 0 Å². The third-order valence-electron chi connectivity index (χ3n) is 16.4. The molecule has 0 radical (unpaired) electrons. The molecule has 62 heavy (non-hydrogen) atoms. The van der Waals surface area contributed by atoms with Gasteiger partial charge in [0.2, 0.25) is 11.5 Å². The summed E-state index contributed by atoms with van der Waals surface area (Å²) in [6.07, 6.45) is 8.95. The maximum absolute atomic E-state index is 14.2. The summed E-state index contributed by atoms with van der Waals surface area (Å²) in [4.78, 5) is 52.1. The zero-order chi connectivity index (χ0) is 44.7. The highest BCUT2D eigenvalue weighted by molar-refractivity contribution is 5.79. The van der Waals surface area contributed by atoms with E-state index in [1.165, 1.54) is 0 Å². The van der Waals surface area contributed by atoms with Gasteiger partial charge < -0.3 is 47.6 Å². The number of esters is 2. The van der Waals surface area contributed by atoms with Crippen LogP contribution >= 0.6 is 0 Å². The van der Waals surface area contributed by atoms with Gasteiger partial charge in [-0.1, -0.05) is 20.3 Å². The van der Waals surface area contributed by atoms with Crippen molar-refractivity contribution in [3.63, 3.8) is 0 Å². The number of fused-ring (bicyclic) bond motifs is 4. The normalized spacial score (nSPS) is 33.6. The molecule has 4 heterocycles. The molecular formula is C48H68N2O12+2. The number of carboxylic acids is 2. The number of ether oxygens (including phenoxy) is 6. The van der Waals surface area contributed by atoms with Crippen molar-refractivity contribution in [1.29, 1.82) is 0 Å². The average molecular weight is 865 g/mol. The molecule has 340 valence electrons. The Kier molecular flexibility index (Phi) is 13.1. The summed E-state index contributed by atoms with van der Waals surface area (Å²) in [6, 6.07) is 8.52. The Bertz CT molecular complexity index is 1960. The molecular weight excluding hydrogens is 797 g/mol. The molecule has 1 aliphatic carbocycles. The molecule has 5 aliphatic rings. The first-order valence-electron chi connectivity index (χ1n) is 22.7. The van der Waals surface area contributed by atoms with Crippen molar-refractivity contribution >= 4 is 23.9 Å². The van der Waals surface area contributed by atoms with E-state index in [4.69, 9.17) is 28.4 Å². The number of hydrogen-bond acceptors (Lipinski definition) is 10. The second-order valence-electron chi connectivity index (χ2n) is 19.2. The summed E-state index contributed by atoms with van der Waals surface area (Å²) in [6.45, 7) is 4.82. The summed E-state index contributed by atoms with van der Waals surface area (Å²) in [5, 5.41) is 22.6. The quantitative estimate of drug-likeness (QED) is 0.0978. The van der Waals surface area contributed by atoms with Gasteiger partial charge in [0.15, 0.2) is 23.0 Å². The minimum Gasteiger partial charge on any atom is -0.493 e. The maximum atomic E-state index is 14.2. The van der Waals surface area contributed by atoms with Crippen LogP contribution in [-0.2, 0) is 32.3 Å². The van der Waals surface area contributed by atoms with E-state index < -0.39 is 29.2 Å². The number of rotatable bonds is 16. The predicted octanol–water partition coefficient (Wildman–Crippen LogP) is 7.40. The molecule has 11 atom stereocenters. The van der Waals surface area contributed by atoms with Crippen LogP contribution in [0.15, 0.2) is 24.3 Å². The van der Waals surface area contributed by atoms with Crippen molar-refractivity contribution < 1.29 is 66.8 Å². The van der Waals surface area contributed by atoms with Crippen LogP contribution in [0.3, 0.4) is 0 Å². The van der Waals surface area contributed by atoms with Gasteiger partial charge in [0.25, 0.3) is 0 Å². The van der Waals surface area contributed by atoms with Gasteiger partial charge in [-0.2, -0.15) is 0 Å². The number of carboxylic acid groups (broad SMARTS) is 2. The lowest BCUT2D eigenvalue weighted by atomic mass is 9.49. The Morgan fingerprint density at radius 1 is 0.629 bits per heavy atom. The SMILES string of the molecule is CCC(=O)Oc1c(OC)cc(C[N+]2(C)[C@@H]3CC[C@H]2CC(C2C(C(=O)O)CCCC2(C(=O)O)C2C[C@H]4CC[C@@H](C2)[N+]4(C)Cc2cc(OC)c(OC(=O)CC)c(OC)c2)C3)cc1OC. The zero-order valence-corrected chi connectivity index (χ0v) is 37.9. The van der Waals surface area contributed by atoms with Crippen molar-refractivity contribution in [3.05, 3.63) is 35.4 Å². The van der Waals surface area contributed by atoms with Crippen LogP contribution in [-0.4, -0.2) is 110 Å². The molecule has 0 amide bonds. The monoisotopic (exact) mass is 864 g/mol. The number of piperidine rings is 2. The lowest BCUT2D eigenvalue weighted by molar-refractivity contribution is -0.962. The number of quaternary nitrogens is 2. The van der Waals surface area contributed by atoms with Crippen molar-refractivity contribution in [2.45, 2.75) is 135 Å². The highest BCUT2D eigenvalue weighted by Gasteiger charge is 2.66. The summed E-state index contributed by atoms with van der Waals surface area (Å²) in [5.74, 6) is -1.59. The van der Waals surface area contributed by atoms with E-state index in [-0.39, 0.29) is 72.3 Å². The van der Waals surface area contributed by atoms with E-state index in [0.29, 0.717) is 55.4 Å². The Morgan fingerprint density at radius 2 is 1.02 bits per heavy atom. The van der Waals surface area contributed by atoms with Gasteiger partial charge in [0.05, 0.1) is 78.0 Å². The standard InChI is InChI=1S/C48H66N2O12/c1-9-41(51)61-44-37(57-5)18-28(19-38(44)58-6)26-49(3)32-13-14-33(49)23-30(22-32)43-36(46(53)54)12-11-17-48(43,47(55)56)31-24-34-15-16-35(25-31)50(34,4)27-29-20-39(59-7)45(40(21-29)60-8)62-42(52)10-2/h18-21,30-36,43H,9-17,22-27H2,1-8H3/p+2/t30?,31?,32-,33+,34-,35+,36?,43?,48?,49?,50?. The molecule has 1 saturated carbocycles. The Balaban J connectivity index is 1.16. The van der Waals surface area contributed by atoms with Crippen molar-refractivity contribution in [2.24, 2.45) is 29.1 Å². The van der Waals surface area contributed by atoms with E-state index in [1.54, 1.807) is 42.3 Å². The number of nitrogens with zero attached hydrogens (tertiary/aromatic N) is 2. The molecule has 14 heteroatoms. The fraction of sp³-hybridized carbons (Fsp3) is 0.667. The maximum Gasteiger partial charge on any atom is 0.311 e. The van der Waals surface area contributed by atoms with E-state index in [2.05, 4.69) is 14.1 Å². The highest BCUT2D eigenvalue weighted by atomic mass is 16.6. The summed E-state index contributed by atoms with van der Waals surface area (Å²) >= 11 is 0. The smallest absolute Gasteiger partial charge is 0.311 e. The van der Waals surface area contributed by atoms with Crippen LogP contribution in [0.5, 0.6) is 34.5 Å². The van der Waals surface area contributed by atoms with Crippen LogP contribution < -0.4 is 28.4 Å². The zero-order valence-electron chi connectivity index (χ0n) is 37.9. The fourth-order valence-electron chi connectivity index (χ4n) is 13.4. The van der Waals surface area contributed by atoms with Crippen LogP contribution in [0.2, 0.25) is 0 Å². The first-order chi connectivity index (χ1) is 29.6. The van der Waals surface area contributed by atoms with Gasteiger partial charge in [0, 0.05) is 75.3 Å². The Labute approximate surface area is 365 Å². The Morgan fingerprint density at radius 3 is 1.35 bits per heavy atom. The summed E-state index contributed by atoms with van der Waals surface area (Å²) in [5.41, 5.74) is 0.830. The third kappa shape index (κ3) is 7.88. The molecule has 5 fully saturated rings. The molecule has 2 aromatic rings. The first kappa shape index (κ1) is 45.5. The van der Waals surface area contributed by atoms with Gasteiger partial charge >= 0.3 is 23.9 Å². The van der Waals surface area contributed by atoms with Crippen molar-refractivity contribution in [2.75, 3.05) is 42.5 Å². The number of aliphatic carboxylic acids is 2. The number of carbonyl (C=O) groups is 4. The van der Waals surface area contributed by atoms with E-state index in [1.807, 2.05) is 24.3 Å². The molecule has 4 saturated heterocycles. The average Bonchev–Trinajstić information content (AvgIpc) is 3.48. The third-order valence-corrected chi connectivity index (χ3v) is 16.4. The van der Waals surface area contributed by atoms with Gasteiger partial charge in [-0.3, -0.25) is 19.2 Å². The van der Waals surface area contributed by atoms with Crippen molar-refractivity contribution in [1.82, 2.24) is 0 Å². The molecule has 0 aromatic heterocycles. The molecule has 4 bridgehead atoms. The molecule has 0 spiro atoms. The second-order valence-corrected chi connectivity index (χ2v) is 19.2. The van der Waals surface area contributed by atoms with E-state index >= 15 is 0 Å². The minimum absolute atomic E-state index is 0.0307. The number of benzene rings is 2. The number of hydrogen-bond donors (Lipinski definition) is 2. The van der Waals surface area contributed by atoms with Crippen molar-refractivity contribution in [3.8, 4) is 34.5 Å². The molecule has 4 aliphatic heterocycles. The topological polar surface area (TPSA) is 164 Å². The molecule has 7 unspecified atom stereocenters. The number of carbonyl (C=O) groups excluding carboxylic acids is 2. The Hall–Kier alpha value is -4.56. The highest BCUT2D eigenvalue weighted by Crippen LogP contribution is 2.62. The van der Waals surface area contributed by atoms with Crippen LogP contribution in [0.1, 0.15) is 108 Å². The predicted molar refractivity (Wildman–Crippen MR) is 228 cm³/mol. The van der Waals surface area contributed by atoms with Crippen LogP contribution in [0.25, 0.3) is 0 Å². The minimum atomic E-state index is -1.14. The second kappa shape index (κ2) is 17.9. The molecule has 7 rings (SSSR count). The summed E-state index contributed by atoms with van der Waals surface area (Å²) < 4.78 is 35.5. The molecule has 2 N–H and O–H groups in total. The van der Waals surface area contributed by atoms with Gasteiger partial charge in [-0.25, -0.2) is 0 Å². The van der Waals surface area contributed by atoms with Gasteiger partial charge in [0.1, 0.15) is 13.1 Å². The fourth-order valence-corrected chi connectivity index (χ4v) is 13.4. The largest absolute Gasteiger partial charge is 0.493 e. The summed E-state index contributed by atoms with van der Waals surface area (Å²) in [7, 11) is 10.8. The lowest BCUT2D eigenvalue weighted by Crippen LogP contribution is -2.64. The lowest BCUT2D eigenvalue weighted by Gasteiger charge is -2.58. The van der Waals surface area contributed by atoms with Gasteiger partial charge in [-0.15, -0.1) is 0 Å². The van der Waals surface area contributed by atoms with Gasteiger partial charge in [-0.05, 0) is 54.9 Å². The molecule has 14 nitrogen and oxygen atoms in total. The molecule has 2 aromatic carbocycles.